The number of rotatable bonds is 2. The summed E-state index contributed by atoms with van der Waals surface area (Å²) in [5.74, 6) is 1.26. The second-order valence-electron chi connectivity index (χ2n) is 2.61. The molecule has 0 atom stereocenters. The monoisotopic (exact) mass is 177 g/mol. The van der Waals surface area contributed by atoms with Crippen LogP contribution in [0.4, 0.5) is 5.69 Å². The molecule has 0 spiro atoms. The number of benzene rings is 1. The van der Waals surface area contributed by atoms with Gasteiger partial charge in [0.25, 0.3) is 0 Å². The Morgan fingerprint density at radius 1 is 1.15 bits per heavy atom. The molecule has 0 amide bonds. The Hall–Kier alpha value is -1.69. The Kier molecular flexibility index (Phi) is 2.76. The average Bonchev–Trinajstić information content (AvgIpc) is 2.17. The molecule has 0 aliphatic carbocycles. The minimum Gasteiger partial charge on any atom is -0.494 e. The third kappa shape index (κ3) is 1.73. The lowest BCUT2D eigenvalue weighted by Gasteiger charge is -2.08. The van der Waals surface area contributed by atoms with Crippen LogP contribution in [0.3, 0.4) is 0 Å². The molecule has 0 aliphatic heterocycles. The number of aryl methyl sites for hydroxylation is 1. The number of hydrogen-bond donors (Lipinski definition) is 0. The Morgan fingerprint density at radius 3 is 2.15 bits per heavy atom. The zero-order valence-electron chi connectivity index (χ0n) is 7.92. The van der Waals surface area contributed by atoms with Crippen molar-refractivity contribution in [2.75, 3.05) is 14.2 Å². The molecule has 0 aromatic heterocycles. The Balaban J connectivity index is 3.28. The summed E-state index contributed by atoms with van der Waals surface area (Å²) >= 11 is 0. The summed E-state index contributed by atoms with van der Waals surface area (Å²) < 4.78 is 10.2. The summed E-state index contributed by atoms with van der Waals surface area (Å²) in [6.45, 7) is 8.78. The van der Waals surface area contributed by atoms with Gasteiger partial charge in [0, 0.05) is 0 Å². The molecule has 13 heavy (non-hydrogen) atoms. The highest BCUT2D eigenvalue weighted by Crippen LogP contribution is 2.34. The smallest absolute Gasteiger partial charge is 0.194 e. The van der Waals surface area contributed by atoms with E-state index in [1.807, 2.05) is 6.92 Å². The van der Waals surface area contributed by atoms with Crippen LogP contribution < -0.4 is 9.47 Å². The van der Waals surface area contributed by atoms with Crippen molar-refractivity contribution in [3.8, 4) is 11.5 Å². The fourth-order valence-electron chi connectivity index (χ4n) is 1.09. The van der Waals surface area contributed by atoms with Crippen LogP contribution in [0, 0.1) is 13.5 Å². The second-order valence-corrected chi connectivity index (χ2v) is 2.61. The van der Waals surface area contributed by atoms with Gasteiger partial charge in [0.05, 0.1) is 20.8 Å². The quantitative estimate of drug-likeness (QED) is 0.648. The number of nitrogens with zero attached hydrogens (tertiary/aromatic N) is 1. The molecule has 0 saturated heterocycles. The predicted molar refractivity (Wildman–Crippen MR) is 50.5 cm³/mol. The SMILES string of the molecule is [C-]#[N+]c1cc(OC)c(OC)cc1C. The van der Waals surface area contributed by atoms with Gasteiger partial charge < -0.3 is 9.47 Å². The lowest BCUT2D eigenvalue weighted by atomic mass is 10.2. The van der Waals surface area contributed by atoms with Crippen molar-refractivity contribution >= 4 is 5.69 Å². The van der Waals surface area contributed by atoms with E-state index in [1.54, 1.807) is 26.4 Å². The summed E-state index contributed by atoms with van der Waals surface area (Å²) in [6, 6.07) is 3.48. The molecular weight excluding hydrogens is 166 g/mol. The molecule has 0 bridgehead atoms. The summed E-state index contributed by atoms with van der Waals surface area (Å²) in [6.07, 6.45) is 0. The van der Waals surface area contributed by atoms with E-state index in [1.165, 1.54) is 0 Å². The molecule has 0 saturated carbocycles. The molecule has 0 fully saturated rings. The normalized spacial score (nSPS) is 9.08. The van der Waals surface area contributed by atoms with Crippen molar-refractivity contribution in [1.29, 1.82) is 0 Å². The van der Waals surface area contributed by atoms with Crippen molar-refractivity contribution in [2.45, 2.75) is 6.92 Å². The molecule has 0 radical (unpaired) electrons. The highest BCUT2D eigenvalue weighted by atomic mass is 16.5. The van der Waals surface area contributed by atoms with Gasteiger partial charge in [-0.2, -0.15) is 0 Å². The van der Waals surface area contributed by atoms with Gasteiger partial charge in [-0.15, -0.1) is 0 Å². The topological polar surface area (TPSA) is 22.8 Å². The van der Waals surface area contributed by atoms with Gasteiger partial charge in [0.15, 0.2) is 11.4 Å². The first-order chi connectivity index (χ1) is 6.22. The van der Waals surface area contributed by atoms with E-state index >= 15 is 0 Å². The standard InChI is InChI=1S/C10H11NO2/c1-7-5-9(12-3)10(13-4)6-8(7)11-2/h5-6H,1,3-4H3. The van der Waals surface area contributed by atoms with E-state index in [2.05, 4.69) is 4.85 Å². The minimum absolute atomic E-state index is 0.595. The van der Waals surface area contributed by atoms with Gasteiger partial charge in [-0.25, -0.2) is 4.85 Å². The molecule has 0 heterocycles. The van der Waals surface area contributed by atoms with Gasteiger partial charge in [0.1, 0.15) is 5.75 Å². The van der Waals surface area contributed by atoms with Gasteiger partial charge in [-0.3, -0.25) is 0 Å². The largest absolute Gasteiger partial charge is 0.494 e. The molecule has 1 aromatic rings. The Morgan fingerprint density at radius 2 is 1.69 bits per heavy atom. The summed E-state index contributed by atoms with van der Waals surface area (Å²) in [4.78, 5) is 3.37. The fourth-order valence-corrected chi connectivity index (χ4v) is 1.09. The molecule has 3 heteroatoms. The molecule has 1 aromatic carbocycles. The van der Waals surface area contributed by atoms with E-state index in [9.17, 15) is 0 Å². The van der Waals surface area contributed by atoms with Crippen LogP contribution in [0.2, 0.25) is 0 Å². The number of ether oxygens (including phenoxy) is 2. The maximum Gasteiger partial charge on any atom is 0.194 e. The van der Waals surface area contributed by atoms with Gasteiger partial charge in [-0.05, 0) is 24.6 Å². The molecule has 3 nitrogen and oxygen atoms in total. The van der Waals surface area contributed by atoms with Crippen LogP contribution in [0.25, 0.3) is 4.85 Å². The maximum absolute atomic E-state index is 6.91. The van der Waals surface area contributed by atoms with E-state index in [0.717, 1.165) is 5.56 Å². The van der Waals surface area contributed by atoms with Crippen LogP contribution in [0.5, 0.6) is 11.5 Å². The number of methoxy groups -OCH3 is 2. The van der Waals surface area contributed by atoms with Crippen LogP contribution in [0.1, 0.15) is 5.56 Å². The van der Waals surface area contributed by atoms with Gasteiger partial charge >= 0.3 is 0 Å². The lowest BCUT2D eigenvalue weighted by molar-refractivity contribution is 0.355. The van der Waals surface area contributed by atoms with Crippen molar-refractivity contribution in [1.82, 2.24) is 0 Å². The first-order valence-corrected chi connectivity index (χ1v) is 3.83. The van der Waals surface area contributed by atoms with Crippen LogP contribution >= 0.6 is 0 Å². The Bertz CT molecular complexity index is 353. The maximum atomic E-state index is 6.91. The summed E-state index contributed by atoms with van der Waals surface area (Å²) in [5.41, 5.74) is 1.49. The van der Waals surface area contributed by atoms with Crippen molar-refractivity contribution in [3.63, 3.8) is 0 Å². The molecule has 0 unspecified atom stereocenters. The van der Waals surface area contributed by atoms with E-state index in [0.29, 0.717) is 17.2 Å². The third-order valence-corrected chi connectivity index (χ3v) is 1.82. The minimum atomic E-state index is 0.595. The van der Waals surface area contributed by atoms with E-state index in [4.69, 9.17) is 16.0 Å². The summed E-state index contributed by atoms with van der Waals surface area (Å²) in [5, 5.41) is 0. The molecule has 1 rings (SSSR count). The van der Waals surface area contributed by atoms with E-state index < -0.39 is 0 Å². The molecule has 68 valence electrons. The van der Waals surface area contributed by atoms with Crippen molar-refractivity contribution in [3.05, 3.63) is 29.1 Å². The fraction of sp³-hybridized carbons (Fsp3) is 0.300. The van der Waals surface area contributed by atoms with E-state index in [-0.39, 0.29) is 0 Å². The molecule has 0 aliphatic rings. The average molecular weight is 177 g/mol. The highest BCUT2D eigenvalue weighted by molar-refractivity contribution is 5.60. The second kappa shape index (κ2) is 3.81. The van der Waals surface area contributed by atoms with Crippen molar-refractivity contribution < 1.29 is 9.47 Å². The Labute approximate surface area is 77.7 Å². The zero-order valence-corrected chi connectivity index (χ0v) is 7.92. The van der Waals surface area contributed by atoms with Gasteiger partial charge in [0.2, 0.25) is 0 Å². The van der Waals surface area contributed by atoms with Gasteiger partial charge in [-0.1, -0.05) is 0 Å². The zero-order chi connectivity index (χ0) is 9.84. The first-order valence-electron chi connectivity index (χ1n) is 3.83. The molecule has 0 N–H and O–H groups in total. The summed E-state index contributed by atoms with van der Waals surface area (Å²) in [7, 11) is 3.13. The number of hydrogen-bond acceptors (Lipinski definition) is 2. The molecular formula is C10H11NO2. The van der Waals surface area contributed by atoms with Crippen LogP contribution in [-0.4, -0.2) is 14.2 Å². The van der Waals surface area contributed by atoms with Crippen LogP contribution in [-0.2, 0) is 0 Å². The van der Waals surface area contributed by atoms with Crippen LogP contribution in [0.15, 0.2) is 12.1 Å². The van der Waals surface area contributed by atoms with Crippen molar-refractivity contribution in [2.24, 2.45) is 0 Å². The lowest BCUT2D eigenvalue weighted by Crippen LogP contribution is -1.90. The first kappa shape index (κ1) is 9.40. The highest BCUT2D eigenvalue weighted by Gasteiger charge is 2.07. The predicted octanol–water partition coefficient (Wildman–Crippen LogP) is 2.56. The third-order valence-electron chi connectivity index (χ3n) is 1.82.